The maximum Gasteiger partial charge on any atom is 0.255 e. The van der Waals surface area contributed by atoms with Gasteiger partial charge in [-0.25, -0.2) is 14.4 Å². The van der Waals surface area contributed by atoms with E-state index in [1.165, 1.54) is 12.1 Å². The second-order valence-corrected chi connectivity index (χ2v) is 7.80. The van der Waals surface area contributed by atoms with Crippen molar-refractivity contribution in [2.24, 2.45) is 7.05 Å². The van der Waals surface area contributed by atoms with Crippen molar-refractivity contribution in [1.82, 2.24) is 25.1 Å². The van der Waals surface area contributed by atoms with Gasteiger partial charge in [0.25, 0.3) is 5.91 Å². The van der Waals surface area contributed by atoms with Crippen molar-refractivity contribution in [3.05, 3.63) is 94.8 Å². The fraction of sp³-hybridized carbons (Fsp3) is 0.167. The molecule has 3 aromatic heterocycles. The zero-order chi connectivity index (χ0) is 23.2. The molecule has 0 fully saturated rings. The Hall–Kier alpha value is -3.78. The van der Waals surface area contributed by atoms with Gasteiger partial charge in [-0.05, 0) is 42.3 Å². The lowest BCUT2D eigenvalue weighted by Crippen LogP contribution is -2.25. The molecule has 4 rings (SSSR count). The summed E-state index contributed by atoms with van der Waals surface area (Å²) in [7, 11) is 1.83. The molecule has 1 aromatic carbocycles. The second-order valence-electron chi connectivity index (χ2n) is 7.44. The molecule has 1 amide bonds. The molecule has 7 nitrogen and oxygen atoms in total. The molecular weight excluding hydrogens is 443 g/mol. The van der Waals surface area contributed by atoms with Crippen LogP contribution in [0.3, 0.4) is 0 Å². The molecule has 33 heavy (non-hydrogen) atoms. The molecule has 0 atom stereocenters. The maximum absolute atomic E-state index is 13.5. The van der Waals surface area contributed by atoms with Crippen LogP contribution in [0.15, 0.2) is 67.1 Å². The lowest BCUT2D eigenvalue weighted by molar-refractivity contribution is 0.0951. The van der Waals surface area contributed by atoms with E-state index in [4.69, 9.17) is 11.6 Å². The molecule has 3 heterocycles. The molecule has 0 saturated heterocycles. The van der Waals surface area contributed by atoms with Crippen molar-refractivity contribution in [2.45, 2.75) is 13.0 Å². The first-order chi connectivity index (χ1) is 16.0. The highest BCUT2D eigenvalue weighted by Crippen LogP contribution is 2.22. The first-order valence-corrected chi connectivity index (χ1v) is 10.7. The van der Waals surface area contributed by atoms with E-state index in [0.717, 1.165) is 11.1 Å². The van der Waals surface area contributed by atoms with Gasteiger partial charge in [-0.15, -0.1) is 0 Å². The largest absolute Gasteiger partial charge is 0.369 e. The summed E-state index contributed by atoms with van der Waals surface area (Å²) in [4.78, 5) is 21.6. The van der Waals surface area contributed by atoms with Crippen LogP contribution in [0.2, 0.25) is 5.15 Å². The summed E-state index contributed by atoms with van der Waals surface area (Å²) >= 11 is 6.09. The maximum atomic E-state index is 13.5. The van der Waals surface area contributed by atoms with Crippen LogP contribution >= 0.6 is 11.6 Å². The summed E-state index contributed by atoms with van der Waals surface area (Å²) in [6, 6.07) is 13.5. The zero-order valence-electron chi connectivity index (χ0n) is 17.9. The van der Waals surface area contributed by atoms with Crippen molar-refractivity contribution in [3.8, 4) is 11.3 Å². The van der Waals surface area contributed by atoms with Crippen molar-refractivity contribution >= 4 is 23.3 Å². The number of amides is 1. The van der Waals surface area contributed by atoms with Gasteiger partial charge < -0.3 is 10.6 Å². The molecule has 9 heteroatoms. The summed E-state index contributed by atoms with van der Waals surface area (Å²) in [5.74, 6) is -0.144. The van der Waals surface area contributed by atoms with E-state index in [-0.39, 0.29) is 18.3 Å². The number of benzene rings is 1. The molecule has 0 aliphatic heterocycles. The fourth-order valence-electron chi connectivity index (χ4n) is 3.33. The minimum Gasteiger partial charge on any atom is -0.369 e. The van der Waals surface area contributed by atoms with Crippen LogP contribution in [-0.4, -0.2) is 32.2 Å². The molecule has 2 N–H and O–H groups in total. The van der Waals surface area contributed by atoms with Gasteiger partial charge in [0.15, 0.2) is 0 Å². The molecule has 168 valence electrons. The Morgan fingerprint density at radius 2 is 2.06 bits per heavy atom. The number of carbonyl (C=O) groups excluding carboxylic acids is 1. The average molecular weight is 465 g/mol. The minimum absolute atomic E-state index is 0.235. The summed E-state index contributed by atoms with van der Waals surface area (Å²) < 4.78 is 15.2. The Kier molecular flexibility index (Phi) is 6.95. The third-order valence-electron chi connectivity index (χ3n) is 5.01. The molecule has 0 aliphatic rings. The highest BCUT2D eigenvalue weighted by atomic mass is 35.5. The smallest absolute Gasteiger partial charge is 0.255 e. The third kappa shape index (κ3) is 5.72. The van der Waals surface area contributed by atoms with Gasteiger partial charge in [0.2, 0.25) is 0 Å². The number of pyridine rings is 2. The van der Waals surface area contributed by atoms with Crippen LogP contribution in [0.4, 0.5) is 10.2 Å². The Labute approximate surface area is 195 Å². The van der Waals surface area contributed by atoms with E-state index < -0.39 is 0 Å². The van der Waals surface area contributed by atoms with E-state index >= 15 is 0 Å². The number of aromatic nitrogens is 4. The molecule has 0 spiro atoms. The van der Waals surface area contributed by atoms with Crippen molar-refractivity contribution < 1.29 is 9.18 Å². The lowest BCUT2D eigenvalue weighted by Gasteiger charge is -2.13. The molecule has 0 radical (unpaired) electrons. The predicted molar refractivity (Wildman–Crippen MR) is 125 cm³/mol. The van der Waals surface area contributed by atoms with Gasteiger partial charge >= 0.3 is 0 Å². The molecule has 0 aliphatic carbocycles. The molecule has 0 bridgehead atoms. The lowest BCUT2D eigenvalue weighted by atomic mass is 10.1. The molecule has 0 unspecified atom stereocenters. The van der Waals surface area contributed by atoms with E-state index in [0.29, 0.717) is 40.8 Å². The molecule has 0 saturated carbocycles. The number of carbonyl (C=O) groups is 1. The Morgan fingerprint density at radius 3 is 2.82 bits per heavy atom. The van der Waals surface area contributed by atoms with Crippen LogP contribution in [-0.2, 0) is 20.0 Å². The number of rotatable bonds is 8. The van der Waals surface area contributed by atoms with Gasteiger partial charge in [0.1, 0.15) is 16.8 Å². The topological polar surface area (TPSA) is 84.7 Å². The van der Waals surface area contributed by atoms with E-state index in [2.05, 4.69) is 25.7 Å². The first-order valence-electron chi connectivity index (χ1n) is 10.4. The van der Waals surface area contributed by atoms with Gasteiger partial charge in [0.05, 0.1) is 17.5 Å². The zero-order valence-corrected chi connectivity index (χ0v) is 18.7. The van der Waals surface area contributed by atoms with E-state index in [1.54, 1.807) is 47.4 Å². The monoisotopic (exact) mass is 464 g/mol. The van der Waals surface area contributed by atoms with Gasteiger partial charge in [-0.3, -0.25) is 9.48 Å². The van der Waals surface area contributed by atoms with Crippen molar-refractivity contribution in [1.29, 1.82) is 0 Å². The number of hydrogen-bond acceptors (Lipinski definition) is 5. The third-order valence-corrected chi connectivity index (χ3v) is 5.35. The van der Waals surface area contributed by atoms with Crippen LogP contribution in [0.5, 0.6) is 0 Å². The van der Waals surface area contributed by atoms with Crippen molar-refractivity contribution in [2.75, 3.05) is 11.9 Å². The van der Waals surface area contributed by atoms with Crippen LogP contribution < -0.4 is 10.6 Å². The fourth-order valence-corrected chi connectivity index (χ4v) is 3.52. The highest BCUT2D eigenvalue weighted by molar-refractivity contribution is 6.30. The number of aryl methyl sites for hydroxylation is 1. The highest BCUT2D eigenvalue weighted by Gasteiger charge is 2.15. The number of halogens is 2. The minimum atomic E-state index is -0.298. The molecular formula is C24H22ClFN6O. The SMILES string of the molecule is Cn1cc(-c2ccc(C(=O)NCc3cccnc3Cl)c(NCCc3cccc(F)c3)n2)cn1. The standard InChI is InChI=1S/C24H22ClFN6O/c1-32-15-18(14-30-32)21-8-7-20(24(33)29-13-17-5-3-10-27-22(17)25)23(31-21)28-11-9-16-4-2-6-19(26)12-16/h2-8,10,12,14-15H,9,11,13H2,1H3,(H,28,31)(H,29,33). The summed E-state index contributed by atoms with van der Waals surface area (Å²) in [6.45, 7) is 0.709. The van der Waals surface area contributed by atoms with Crippen molar-refractivity contribution in [3.63, 3.8) is 0 Å². The van der Waals surface area contributed by atoms with Crippen LogP contribution in [0, 0.1) is 5.82 Å². The van der Waals surface area contributed by atoms with Gasteiger partial charge in [-0.1, -0.05) is 29.8 Å². The first kappa shape index (κ1) is 22.4. The Balaban J connectivity index is 1.53. The number of anilines is 1. The van der Waals surface area contributed by atoms with Crippen LogP contribution in [0.25, 0.3) is 11.3 Å². The second kappa shape index (κ2) is 10.2. The Bertz CT molecular complexity index is 1280. The predicted octanol–water partition coefficient (Wildman–Crippen LogP) is 4.25. The molecule has 4 aromatic rings. The normalized spacial score (nSPS) is 10.8. The summed E-state index contributed by atoms with van der Waals surface area (Å²) in [5, 5.41) is 10.6. The number of nitrogens with one attached hydrogen (secondary N) is 2. The number of nitrogens with zero attached hydrogens (tertiary/aromatic N) is 4. The van der Waals surface area contributed by atoms with Gasteiger partial charge in [0, 0.05) is 43.7 Å². The quantitative estimate of drug-likeness (QED) is 0.381. The average Bonchev–Trinajstić information content (AvgIpc) is 3.25. The van der Waals surface area contributed by atoms with E-state index in [9.17, 15) is 9.18 Å². The van der Waals surface area contributed by atoms with Gasteiger partial charge in [-0.2, -0.15) is 5.10 Å². The summed E-state index contributed by atoms with van der Waals surface area (Å²) in [6.07, 6.45) is 5.73. The summed E-state index contributed by atoms with van der Waals surface area (Å²) in [5.41, 5.74) is 3.47. The van der Waals surface area contributed by atoms with Crippen LogP contribution in [0.1, 0.15) is 21.5 Å². The van der Waals surface area contributed by atoms with E-state index in [1.807, 2.05) is 19.3 Å². The Morgan fingerprint density at radius 1 is 1.18 bits per heavy atom. The number of hydrogen-bond donors (Lipinski definition) is 2.